The third-order valence-electron chi connectivity index (χ3n) is 5.63. The highest BCUT2D eigenvalue weighted by molar-refractivity contribution is 5.77. The van der Waals surface area contributed by atoms with Gasteiger partial charge in [0.2, 0.25) is 0 Å². The maximum Gasteiger partial charge on any atom is 0.323 e. The van der Waals surface area contributed by atoms with Gasteiger partial charge >= 0.3 is 5.97 Å². The number of hydrogen-bond acceptors (Lipinski definition) is 3. The SMILES string of the molecule is CC1CC(OC(=O)C2NCC3CCCC32)CC(C)(C)C1. The lowest BCUT2D eigenvalue weighted by Crippen LogP contribution is -2.41. The molecule has 0 aromatic heterocycles. The quantitative estimate of drug-likeness (QED) is 0.789. The molecule has 0 radical (unpaired) electrons. The summed E-state index contributed by atoms with van der Waals surface area (Å²) >= 11 is 0. The van der Waals surface area contributed by atoms with Gasteiger partial charge in [-0.25, -0.2) is 0 Å². The molecule has 2 aliphatic carbocycles. The fraction of sp³-hybridized carbons (Fsp3) is 0.941. The first-order valence-corrected chi connectivity index (χ1v) is 8.38. The highest BCUT2D eigenvalue weighted by Crippen LogP contribution is 2.41. The van der Waals surface area contributed by atoms with E-state index in [0.717, 1.165) is 19.4 Å². The number of nitrogens with one attached hydrogen (secondary N) is 1. The zero-order chi connectivity index (χ0) is 14.3. The number of fused-ring (bicyclic) bond motifs is 1. The molecule has 2 saturated carbocycles. The van der Waals surface area contributed by atoms with Crippen LogP contribution in [0.1, 0.15) is 59.3 Å². The molecule has 3 heteroatoms. The Morgan fingerprint density at radius 1 is 1.25 bits per heavy atom. The highest BCUT2D eigenvalue weighted by atomic mass is 16.5. The average molecular weight is 279 g/mol. The predicted molar refractivity (Wildman–Crippen MR) is 79.3 cm³/mol. The Balaban J connectivity index is 1.58. The van der Waals surface area contributed by atoms with Crippen LogP contribution >= 0.6 is 0 Å². The standard InChI is InChI=1S/C17H29NO2/c1-11-7-13(9-17(2,3)8-11)20-16(19)15-14-6-4-5-12(14)10-18-15/h11-15,18H,4-10H2,1-3H3. The molecule has 3 nitrogen and oxygen atoms in total. The third-order valence-corrected chi connectivity index (χ3v) is 5.63. The van der Waals surface area contributed by atoms with Gasteiger partial charge in [0.1, 0.15) is 12.1 Å². The molecule has 3 rings (SSSR count). The molecule has 1 heterocycles. The first kappa shape index (κ1) is 14.4. The van der Waals surface area contributed by atoms with Crippen LogP contribution < -0.4 is 5.32 Å². The van der Waals surface area contributed by atoms with Gasteiger partial charge in [0, 0.05) is 0 Å². The van der Waals surface area contributed by atoms with Crippen LogP contribution in [0.25, 0.3) is 0 Å². The van der Waals surface area contributed by atoms with Gasteiger partial charge in [0.05, 0.1) is 0 Å². The van der Waals surface area contributed by atoms with E-state index in [-0.39, 0.29) is 18.1 Å². The molecular formula is C17H29NO2. The summed E-state index contributed by atoms with van der Waals surface area (Å²) in [6.45, 7) is 7.88. The normalized spacial score (nSPS) is 43.2. The van der Waals surface area contributed by atoms with E-state index < -0.39 is 0 Å². The van der Waals surface area contributed by atoms with Gasteiger partial charge in [-0.1, -0.05) is 27.2 Å². The smallest absolute Gasteiger partial charge is 0.323 e. The van der Waals surface area contributed by atoms with Crippen molar-refractivity contribution in [3.63, 3.8) is 0 Å². The summed E-state index contributed by atoms with van der Waals surface area (Å²) in [4.78, 5) is 12.5. The van der Waals surface area contributed by atoms with Crippen molar-refractivity contribution in [2.45, 2.75) is 71.4 Å². The van der Waals surface area contributed by atoms with Crippen molar-refractivity contribution in [1.82, 2.24) is 5.32 Å². The fourth-order valence-electron chi connectivity index (χ4n) is 5.03. The van der Waals surface area contributed by atoms with Gasteiger partial charge in [0.25, 0.3) is 0 Å². The van der Waals surface area contributed by atoms with Gasteiger partial charge in [-0.2, -0.15) is 0 Å². The molecule has 3 fully saturated rings. The van der Waals surface area contributed by atoms with Crippen LogP contribution in [0.3, 0.4) is 0 Å². The lowest BCUT2D eigenvalue weighted by atomic mass is 9.71. The van der Waals surface area contributed by atoms with E-state index >= 15 is 0 Å². The Bertz CT molecular complexity index is 379. The Kier molecular flexibility index (Phi) is 3.83. The Labute approximate surface area is 122 Å². The summed E-state index contributed by atoms with van der Waals surface area (Å²) in [7, 11) is 0. The molecule has 0 aromatic rings. The molecule has 0 amide bonds. The number of carbonyl (C=O) groups excluding carboxylic acids is 1. The molecular weight excluding hydrogens is 250 g/mol. The Hall–Kier alpha value is -0.570. The van der Waals surface area contributed by atoms with Crippen molar-refractivity contribution >= 4 is 5.97 Å². The maximum absolute atomic E-state index is 12.5. The molecule has 1 aliphatic heterocycles. The molecule has 5 unspecified atom stereocenters. The summed E-state index contributed by atoms with van der Waals surface area (Å²) in [5.74, 6) is 1.94. The number of ether oxygens (including phenoxy) is 1. The molecule has 0 aromatic carbocycles. The van der Waals surface area contributed by atoms with E-state index in [1.165, 1.54) is 25.7 Å². The second-order valence-electron chi connectivity index (χ2n) is 8.21. The minimum absolute atomic E-state index is 0.0225. The highest BCUT2D eigenvalue weighted by Gasteiger charge is 2.44. The average Bonchev–Trinajstić information content (AvgIpc) is 2.85. The van der Waals surface area contributed by atoms with Crippen molar-refractivity contribution in [2.24, 2.45) is 23.2 Å². The van der Waals surface area contributed by atoms with Crippen LogP contribution in [0.5, 0.6) is 0 Å². The number of rotatable bonds is 2. The molecule has 5 atom stereocenters. The predicted octanol–water partition coefficient (Wildman–Crippen LogP) is 3.13. The minimum atomic E-state index is -0.0251. The number of hydrogen-bond donors (Lipinski definition) is 1. The van der Waals surface area contributed by atoms with Crippen molar-refractivity contribution in [3.8, 4) is 0 Å². The van der Waals surface area contributed by atoms with E-state index in [1.807, 2.05) is 0 Å². The minimum Gasteiger partial charge on any atom is -0.461 e. The number of esters is 1. The van der Waals surface area contributed by atoms with Gasteiger partial charge in [0.15, 0.2) is 0 Å². The second kappa shape index (κ2) is 5.32. The van der Waals surface area contributed by atoms with Crippen molar-refractivity contribution in [2.75, 3.05) is 6.54 Å². The first-order chi connectivity index (χ1) is 9.44. The lowest BCUT2D eigenvalue weighted by molar-refractivity contribution is -0.156. The Morgan fingerprint density at radius 2 is 2.05 bits per heavy atom. The van der Waals surface area contributed by atoms with E-state index in [9.17, 15) is 4.79 Å². The molecule has 114 valence electrons. The van der Waals surface area contributed by atoms with Crippen LogP contribution in [0.15, 0.2) is 0 Å². The van der Waals surface area contributed by atoms with Crippen LogP contribution in [-0.2, 0) is 9.53 Å². The van der Waals surface area contributed by atoms with Crippen LogP contribution in [0, 0.1) is 23.2 Å². The van der Waals surface area contributed by atoms with E-state index in [2.05, 4.69) is 26.1 Å². The lowest BCUT2D eigenvalue weighted by Gasteiger charge is -2.38. The molecule has 0 spiro atoms. The van der Waals surface area contributed by atoms with Gasteiger partial charge in [-0.05, 0) is 61.8 Å². The summed E-state index contributed by atoms with van der Waals surface area (Å²) < 4.78 is 5.89. The summed E-state index contributed by atoms with van der Waals surface area (Å²) in [6, 6.07) is -0.0251. The zero-order valence-corrected chi connectivity index (χ0v) is 13.2. The maximum atomic E-state index is 12.5. The fourth-order valence-corrected chi connectivity index (χ4v) is 5.03. The van der Waals surface area contributed by atoms with Crippen LogP contribution in [0.2, 0.25) is 0 Å². The van der Waals surface area contributed by atoms with Crippen LogP contribution in [-0.4, -0.2) is 24.7 Å². The number of carbonyl (C=O) groups is 1. The van der Waals surface area contributed by atoms with Crippen molar-refractivity contribution in [3.05, 3.63) is 0 Å². The van der Waals surface area contributed by atoms with E-state index in [4.69, 9.17) is 4.74 Å². The molecule has 3 aliphatic rings. The van der Waals surface area contributed by atoms with Gasteiger partial charge in [-0.3, -0.25) is 4.79 Å². The zero-order valence-electron chi connectivity index (χ0n) is 13.2. The second-order valence-corrected chi connectivity index (χ2v) is 8.21. The van der Waals surface area contributed by atoms with Crippen molar-refractivity contribution < 1.29 is 9.53 Å². The van der Waals surface area contributed by atoms with E-state index in [1.54, 1.807) is 0 Å². The Morgan fingerprint density at radius 3 is 2.80 bits per heavy atom. The summed E-state index contributed by atoms with van der Waals surface area (Å²) in [6.07, 6.45) is 7.20. The van der Waals surface area contributed by atoms with Gasteiger partial charge < -0.3 is 10.1 Å². The molecule has 20 heavy (non-hydrogen) atoms. The monoisotopic (exact) mass is 279 g/mol. The van der Waals surface area contributed by atoms with Crippen LogP contribution in [0.4, 0.5) is 0 Å². The molecule has 1 saturated heterocycles. The topological polar surface area (TPSA) is 38.3 Å². The van der Waals surface area contributed by atoms with Gasteiger partial charge in [-0.15, -0.1) is 0 Å². The van der Waals surface area contributed by atoms with Crippen molar-refractivity contribution in [1.29, 1.82) is 0 Å². The molecule has 0 bridgehead atoms. The molecule has 1 N–H and O–H groups in total. The van der Waals surface area contributed by atoms with E-state index in [0.29, 0.717) is 23.2 Å². The summed E-state index contributed by atoms with van der Waals surface area (Å²) in [5, 5.41) is 3.41. The first-order valence-electron chi connectivity index (χ1n) is 8.38. The largest absolute Gasteiger partial charge is 0.461 e. The summed E-state index contributed by atoms with van der Waals surface area (Å²) in [5.41, 5.74) is 0.307. The third kappa shape index (κ3) is 2.88.